The number of benzene rings is 2. The van der Waals surface area contributed by atoms with Crippen molar-refractivity contribution in [3.8, 4) is 0 Å². The largest absolute Gasteiger partial charge is 0.402 e. The first-order valence-corrected chi connectivity index (χ1v) is 14.6. The highest BCUT2D eigenvalue weighted by Gasteiger charge is 2.50. The topological polar surface area (TPSA) is 82.5 Å². The first-order chi connectivity index (χ1) is 16.8. The molecule has 9 heteroatoms. The maximum Gasteiger partial charge on any atom is 0.330 e. The smallest absolute Gasteiger partial charge is 0.330 e. The molecule has 0 spiro atoms. The van der Waals surface area contributed by atoms with Crippen LogP contribution in [-0.4, -0.2) is 37.4 Å². The van der Waals surface area contributed by atoms with E-state index in [1.807, 2.05) is 59.0 Å². The second-order valence-corrected chi connectivity index (χ2v) is 14.4. The fraction of sp³-hybridized carbons (Fsp3) is 0.308. The number of hydrogen-bond donors (Lipinski definition) is 1. The van der Waals surface area contributed by atoms with Crippen LogP contribution in [0, 0.1) is 0 Å². The Balaban J connectivity index is 1.61. The van der Waals surface area contributed by atoms with Crippen molar-refractivity contribution in [2.45, 2.75) is 38.3 Å². The molecule has 1 aliphatic rings. The molecule has 2 aromatic carbocycles. The van der Waals surface area contributed by atoms with E-state index in [1.54, 1.807) is 10.2 Å². The number of aromatic amines is 1. The Labute approximate surface area is 219 Å². The normalized spacial score (nSPS) is 18.9. The van der Waals surface area contributed by atoms with Crippen LogP contribution in [0.3, 0.4) is 0 Å². The van der Waals surface area contributed by atoms with Gasteiger partial charge < -0.3 is 13.9 Å². The average Bonchev–Trinajstić information content (AvgIpc) is 3.30. The van der Waals surface area contributed by atoms with Crippen LogP contribution in [-0.2, 0) is 13.9 Å². The van der Waals surface area contributed by atoms with Gasteiger partial charge in [-0.15, -0.1) is 0 Å². The quantitative estimate of drug-likeness (QED) is 0.331. The summed E-state index contributed by atoms with van der Waals surface area (Å²) in [4.78, 5) is 26.8. The Morgan fingerprint density at radius 1 is 1.09 bits per heavy atom. The number of rotatable bonds is 7. The SMILES string of the molecule is CC(C)(C)[Si](OC[C@H]1OC[C@H](n2cc(/C=C/I)c(=O)[nH]c2=O)O1)(c1ccccc1)c1ccccc1. The van der Waals surface area contributed by atoms with Crippen LogP contribution in [0.15, 0.2) is 80.5 Å². The third-order valence-corrected chi connectivity index (χ3v) is 11.5. The van der Waals surface area contributed by atoms with Crippen LogP contribution >= 0.6 is 22.6 Å². The van der Waals surface area contributed by atoms with Gasteiger partial charge >= 0.3 is 5.69 Å². The number of nitrogens with one attached hydrogen (secondary N) is 1. The van der Waals surface area contributed by atoms with Crippen molar-refractivity contribution < 1.29 is 13.9 Å². The molecule has 1 saturated heterocycles. The monoisotopic (exact) mass is 604 g/mol. The summed E-state index contributed by atoms with van der Waals surface area (Å²) in [5, 5.41) is 2.16. The lowest BCUT2D eigenvalue weighted by molar-refractivity contribution is -0.0956. The second kappa shape index (κ2) is 10.7. The molecule has 0 saturated carbocycles. The number of aromatic nitrogens is 2. The molecule has 0 unspecified atom stereocenters. The lowest BCUT2D eigenvalue weighted by atomic mass is 10.2. The summed E-state index contributed by atoms with van der Waals surface area (Å²) in [6.45, 7) is 7.01. The number of ether oxygens (including phenoxy) is 2. The molecule has 0 bridgehead atoms. The van der Waals surface area contributed by atoms with E-state index >= 15 is 0 Å². The zero-order valence-electron chi connectivity index (χ0n) is 19.9. The van der Waals surface area contributed by atoms with Crippen LogP contribution in [0.2, 0.25) is 5.04 Å². The van der Waals surface area contributed by atoms with Gasteiger partial charge in [-0.1, -0.05) is 104 Å². The zero-order valence-corrected chi connectivity index (χ0v) is 23.1. The molecule has 7 nitrogen and oxygen atoms in total. The Bertz CT molecular complexity index is 1250. The number of halogens is 1. The summed E-state index contributed by atoms with van der Waals surface area (Å²) >= 11 is 2.02. The van der Waals surface area contributed by atoms with Crippen molar-refractivity contribution in [1.82, 2.24) is 9.55 Å². The number of nitrogens with zero attached hydrogens (tertiary/aromatic N) is 1. The second-order valence-electron chi connectivity index (χ2n) is 9.37. The highest BCUT2D eigenvalue weighted by atomic mass is 127. The van der Waals surface area contributed by atoms with Gasteiger partial charge in [0.1, 0.15) is 0 Å². The fourth-order valence-corrected chi connectivity index (χ4v) is 9.46. The molecule has 1 aliphatic heterocycles. The maximum atomic E-state index is 12.4. The van der Waals surface area contributed by atoms with E-state index < -0.39 is 32.1 Å². The molecule has 3 aromatic rings. The van der Waals surface area contributed by atoms with Crippen molar-refractivity contribution in [2.24, 2.45) is 0 Å². The van der Waals surface area contributed by atoms with Crippen LogP contribution < -0.4 is 21.6 Å². The molecular formula is C26H29IN2O5Si. The Kier molecular flexibility index (Phi) is 7.91. The van der Waals surface area contributed by atoms with Gasteiger partial charge in [0.05, 0.1) is 18.8 Å². The van der Waals surface area contributed by atoms with E-state index in [2.05, 4.69) is 50.0 Å². The molecule has 1 aromatic heterocycles. The molecule has 0 amide bonds. The summed E-state index contributed by atoms with van der Waals surface area (Å²) in [6, 6.07) is 20.7. The van der Waals surface area contributed by atoms with Gasteiger partial charge in [0.15, 0.2) is 12.5 Å². The maximum absolute atomic E-state index is 12.4. The Morgan fingerprint density at radius 3 is 2.23 bits per heavy atom. The van der Waals surface area contributed by atoms with Crippen molar-refractivity contribution in [2.75, 3.05) is 13.2 Å². The summed E-state index contributed by atoms with van der Waals surface area (Å²) < 4.78 is 21.9. The molecule has 2 heterocycles. The number of hydrogen-bond acceptors (Lipinski definition) is 5. The van der Waals surface area contributed by atoms with Crippen molar-refractivity contribution in [1.29, 1.82) is 0 Å². The number of H-pyrrole nitrogens is 1. The average molecular weight is 605 g/mol. The van der Waals surface area contributed by atoms with Gasteiger partial charge in [-0.2, -0.15) is 0 Å². The van der Waals surface area contributed by atoms with E-state index in [0.717, 1.165) is 0 Å². The predicted molar refractivity (Wildman–Crippen MR) is 148 cm³/mol. The van der Waals surface area contributed by atoms with Crippen LogP contribution in [0.4, 0.5) is 0 Å². The van der Waals surface area contributed by atoms with Gasteiger partial charge in [-0.25, -0.2) is 4.79 Å². The van der Waals surface area contributed by atoms with Gasteiger partial charge in [-0.05, 0) is 25.6 Å². The highest BCUT2D eigenvalue weighted by Crippen LogP contribution is 2.37. The summed E-state index contributed by atoms with van der Waals surface area (Å²) in [5.74, 6) is 0. The molecule has 0 aliphatic carbocycles. The summed E-state index contributed by atoms with van der Waals surface area (Å²) in [6.07, 6.45) is 1.82. The highest BCUT2D eigenvalue weighted by molar-refractivity contribution is 14.1. The van der Waals surface area contributed by atoms with Crippen molar-refractivity contribution in [3.05, 3.63) is 97.3 Å². The van der Waals surface area contributed by atoms with Crippen molar-refractivity contribution in [3.63, 3.8) is 0 Å². The van der Waals surface area contributed by atoms with Crippen LogP contribution in [0.1, 0.15) is 32.6 Å². The van der Waals surface area contributed by atoms with Gasteiger partial charge in [0.2, 0.25) is 0 Å². The van der Waals surface area contributed by atoms with E-state index in [9.17, 15) is 9.59 Å². The third kappa shape index (κ3) is 5.29. The predicted octanol–water partition coefficient (Wildman–Crippen LogP) is 3.39. The van der Waals surface area contributed by atoms with Crippen LogP contribution in [0.25, 0.3) is 6.08 Å². The Morgan fingerprint density at radius 2 is 1.69 bits per heavy atom. The lowest BCUT2D eigenvalue weighted by Gasteiger charge is -2.43. The summed E-state index contributed by atoms with van der Waals surface area (Å²) in [7, 11) is -2.74. The van der Waals surface area contributed by atoms with E-state index in [-0.39, 0.29) is 18.3 Å². The lowest BCUT2D eigenvalue weighted by Crippen LogP contribution is -2.67. The molecule has 2 atom stereocenters. The molecule has 1 N–H and O–H groups in total. The van der Waals surface area contributed by atoms with Gasteiger partial charge in [0.25, 0.3) is 13.9 Å². The Hall–Kier alpha value is -2.31. The minimum atomic E-state index is -2.74. The molecule has 184 valence electrons. The summed E-state index contributed by atoms with van der Waals surface area (Å²) in [5.41, 5.74) is -0.609. The molecule has 0 radical (unpaired) electrons. The minimum absolute atomic E-state index is 0.175. The van der Waals surface area contributed by atoms with Gasteiger partial charge in [-0.3, -0.25) is 14.3 Å². The molecule has 1 fully saturated rings. The van der Waals surface area contributed by atoms with E-state index in [1.165, 1.54) is 21.1 Å². The molecule has 4 rings (SSSR count). The minimum Gasteiger partial charge on any atom is -0.402 e. The van der Waals surface area contributed by atoms with Crippen molar-refractivity contribution >= 4 is 47.4 Å². The zero-order chi connectivity index (χ0) is 25.1. The first kappa shape index (κ1) is 25.8. The van der Waals surface area contributed by atoms with E-state index in [4.69, 9.17) is 13.9 Å². The standard InChI is InChI=1S/C26H29IN2O5Si/c1-26(2,3)35(20-10-6-4-7-11-20,21-12-8-5-9-13-21)33-18-23-32-17-22(34-23)29-16-19(14-15-27)24(30)28-25(29)31/h4-16,22-23H,17-18H2,1-3H3,(H,28,30,31)/b15-14+/t22-,23+/m1/s1. The third-order valence-electron chi connectivity index (χ3n) is 6.13. The molecule has 35 heavy (non-hydrogen) atoms. The van der Waals surface area contributed by atoms with E-state index in [0.29, 0.717) is 5.56 Å². The van der Waals surface area contributed by atoms with Crippen LogP contribution in [0.5, 0.6) is 0 Å². The molecular weight excluding hydrogens is 575 g/mol. The first-order valence-electron chi connectivity index (χ1n) is 11.4. The van der Waals surface area contributed by atoms with Gasteiger partial charge in [0, 0.05) is 6.20 Å². The fourth-order valence-electron chi connectivity index (χ4n) is 4.53.